The number of nitrogens with zero attached hydrogens (tertiary/aromatic N) is 2. The Morgan fingerprint density at radius 2 is 2.00 bits per heavy atom. The molecule has 1 amide bonds. The minimum absolute atomic E-state index is 0.0128. The first kappa shape index (κ1) is 17.0. The summed E-state index contributed by atoms with van der Waals surface area (Å²) >= 11 is 1.66. The summed E-state index contributed by atoms with van der Waals surface area (Å²) in [6, 6.07) is 3.92. The summed E-state index contributed by atoms with van der Waals surface area (Å²) in [7, 11) is 0. The van der Waals surface area contributed by atoms with Gasteiger partial charge in [-0.25, -0.2) is 4.98 Å². The molecule has 6 heteroatoms. The maximum absolute atomic E-state index is 12.3. The summed E-state index contributed by atoms with van der Waals surface area (Å²) < 4.78 is 0. The average molecular weight is 344 g/mol. The molecule has 24 heavy (non-hydrogen) atoms. The molecule has 0 spiro atoms. The van der Waals surface area contributed by atoms with Gasteiger partial charge in [0.1, 0.15) is 0 Å². The molecule has 128 valence electrons. The van der Waals surface area contributed by atoms with Crippen LogP contribution in [-0.2, 0) is 11.2 Å². The highest BCUT2D eigenvalue weighted by molar-refractivity contribution is 7.09. The summed E-state index contributed by atoms with van der Waals surface area (Å²) in [4.78, 5) is 20.9. The largest absolute Gasteiger partial charge is 0.354 e. The van der Waals surface area contributed by atoms with E-state index in [9.17, 15) is 4.79 Å². The fraction of sp³-hybridized carbons (Fsp3) is 0.500. The molecule has 1 aliphatic rings. The Bertz CT molecular complexity index is 665. The summed E-state index contributed by atoms with van der Waals surface area (Å²) in [6.07, 6.45) is 10.2. The fourth-order valence-corrected chi connectivity index (χ4v) is 3.96. The van der Waals surface area contributed by atoms with Crippen LogP contribution in [0.2, 0.25) is 0 Å². The van der Waals surface area contributed by atoms with E-state index >= 15 is 0 Å². The van der Waals surface area contributed by atoms with Crippen LogP contribution in [0, 0.1) is 0 Å². The van der Waals surface area contributed by atoms with Gasteiger partial charge in [-0.05, 0) is 31.4 Å². The van der Waals surface area contributed by atoms with Crippen LogP contribution < -0.4 is 11.1 Å². The van der Waals surface area contributed by atoms with Crippen LogP contribution in [0.4, 0.5) is 0 Å². The Kier molecular flexibility index (Phi) is 5.58. The lowest BCUT2D eigenvalue weighted by atomic mass is 9.82. The number of rotatable bonds is 6. The van der Waals surface area contributed by atoms with Gasteiger partial charge in [-0.3, -0.25) is 9.78 Å². The van der Waals surface area contributed by atoms with Gasteiger partial charge in [0, 0.05) is 36.3 Å². The van der Waals surface area contributed by atoms with Gasteiger partial charge in [-0.15, -0.1) is 11.3 Å². The molecule has 5 nitrogen and oxygen atoms in total. The van der Waals surface area contributed by atoms with E-state index in [1.165, 1.54) is 6.42 Å². The third-order valence-corrected chi connectivity index (χ3v) is 5.49. The van der Waals surface area contributed by atoms with Crippen LogP contribution in [0.5, 0.6) is 0 Å². The number of aromatic nitrogens is 2. The number of thiazole rings is 1. The minimum Gasteiger partial charge on any atom is -0.354 e. The highest BCUT2D eigenvalue weighted by atomic mass is 32.1. The van der Waals surface area contributed by atoms with Crippen molar-refractivity contribution in [2.24, 2.45) is 5.73 Å². The molecule has 0 radical (unpaired) electrons. The van der Waals surface area contributed by atoms with Gasteiger partial charge in [0.2, 0.25) is 5.91 Å². The molecule has 0 saturated heterocycles. The average Bonchev–Trinajstić information content (AvgIpc) is 3.09. The van der Waals surface area contributed by atoms with Crippen LogP contribution in [0.1, 0.15) is 43.5 Å². The third-order valence-electron chi connectivity index (χ3n) is 4.58. The molecule has 0 atom stereocenters. The Balaban J connectivity index is 1.44. The lowest BCUT2D eigenvalue weighted by molar-refractivity contribution is -0.127. The molecule has 3 N–H and O–H groups in total. The van der Waals surface area contributed by atoms with Gasteiger partial charge >= 0.3 is 0 Å². The number of nitrogens with one attached hydrogen (secondary N) is 1. The molecule has 0 bridgehead atoms. The maximum atomic E-state index is 12.3. The van der Waals surface area contributed by atoms with E-state index in [-0.39, 0.29) is 5.91 Å². The van der Waals surface area contributed by atoms with E-state index in [0.29, 0.717) is 6.54 Å². The molecule has 1 fully saturated rings. The molecule has 2 heterocycles. The number of aryl methyl sites for hydroxylation is 1. The molecule has 0 aliphatic heterocycles. The molecule has 1 aliphatic carbocycles. The van der Waals surface area contributed by atoms with Gasteiger partial charge in [0.25, 0.3) is 0 Å². The predicted octanol–water partition coefficient (Wildman–Crippen LogP) is 2.92. The highest BCUT2D eigenvalue weighted by Gasteiger charge is 2.34. The van der Waals surface area contributed by atoms with Crippen LogP contribution in [0.25, 0.3) is 11.3 Å². The standard InChI is InChI=1S/C18H24N4OS/c19-18(8-2-1-3-9-18)17(23)21-10-4-5-16-22-15(13-24-16)14-6-11-20-12-7-14/h6-7,11-13H,1-5,8-10,19H2,(H,21,23). The number of pyridine rings is 1. The fourth-order valence-electron chi connectivity index (χ4n) is 3.11. The zero-order valence-corrected chi connectivity index (χ0v) is 14.6. The van der Waals surface area contributed by atoms with Crippen molar-refractivity contribution >= 4 is 17.2 Å². The van der Waals surface area contributed by atoms with E-state index in [4.69, 9.17) is 5.73 Å². The van der Waals surface area contributed by atoms with Crippen molar-refractivity contribution in [3.63, 3.8) is 0 Å². The summed E-state index contributed by atoms with van der Waals surface area (Å²) in [6.45, 7) is 0.655. The number of hydrogen-bond donors (Lipinski definition) is 2. The molecular weight excluding hydrogens is 320 g/mol. The van der Waals surface area contributed by atoms with Crippen molar-refractivity contribution in [1.29, 1.82) is 0 Å². The molecule has 2 aromatic heterocycles. The first-order valence-corrected chi connectivity index (χ1v) is 9.47. The van der Waals surface area contributed by atoms with Gasteiger partial charge in [-0.1, -0.05) is 19.3 Å². The van der Waals surface area contributed by atoms with Crippen LogP contribution in [0.15, 0.2) is 29.9 Å². The van der Waals surface area contributed by atoms with Gasteiger partial charge in [0.05, 0.1) is 16.2 Å². The van der Waals surface area contributed by atoms with E-state index in [2.05, 4.69) is 20.7 Å². The van der Waals surface area contributed by atoms with Gasteiger partial charge < -0.3 is 11.1 Å². The molecule has 3 rings (SSSR count). The second-order valence-corrected chi connectivity index (χ2v) is 7.38. The topological polar surface area (TPSA) is 80.9 Å². The smallest absolute Gasteiger partial charge is 0.240 e. The Labute approximate surface area is 146 Å². The Hall–Kier alpha value is -1.79. The van der Waals surface area contributed by atoms with Gasteiger partial charge in [-0.2, -0.15) is 0 Å². The first-order chi connectivity index (χ1) is 11.7. The zero-order valence-electron chi connectivity index (χ0n) is 13.8. The van der Waals surface area contributed by atoms with Crippen LogP contribution in [0.3, 0.4) is 0 Å². The van der Waals surface area contributed by atoms with E-state index in [1.54, 1.807) is 23.7 Å². The van der Waals surface area contributed by atoms with Crippen molar-refractivity contribution in [3.05, 3.63) is 34.9 Å². The summed E-state index contributed by atoms with van der Waals surface area (Å²) in [5.41, 5.74) is 7.67. The minimum atomic E-state index is -0.645. The molecular formula is C18H24N4OS. The van der Waals surface area contributed by atoms with E-state index in [0.717, 1.165) is 54.8 Å². The molecule has 1 saturated carbocycles. The number of carbonyl (C=O) groups is 1. The van der Waals surface area contributed by atoms with Crippen LogP contribution >= 0.6 is 11.3 Å². The monoisotopic (exact) mass is 344 g/mol. The highest BCUT2D eigenvalue weighted by Crippen LogP contribution is 2.26. The van der Waals surface area contributed by atoms with Crippen molar-refractivity contribution in [1.82, 2.24) is 15.3 Å². The van der Waals surface area contributed by atoms with Crippen molar-refractivity contribution in [2.75, 3.05) is 6.54 Å². The van der Waals surface area contributed by atoms with Crippen molar-refractivity contribution < 1.29 is 4.79 Å². The predicted molar refractivity (Wildman–Crippen MR) is 96.7 cm³/mol. The normalized spacial score (nSPS) is 16.7. The van der Waals surface area contributed by atoms with Crippen molar-refractivity contribution in [2.45, 2.75) is 50.5 Å². The number of hydrogen-bond acceptors (Lipinski definition) is 5. The number of carbonyl (C=O) groups excluding carboxylic acids is 1. The molecule has 0 aromatic carbocycles. The number of nitrogens with two attached hydrogens (primary N) is 1. The lowest BCUT2D eigenvalue weighted by Crippen LogP contribution is -2.55. The second kappa shape index (κ2) is 7.85. The number of amides is 1. The van der Waals surface area contributed by atoms with Gasteiger partial charge in [0.15, 0.2) is 0 Å². The SMILES string of the molecule is NC1(C(=O)NCCCc2nc(-c3ccncc3)cs2)CCCCC1. The summed E-state index contributed by atoms with van der Waals surface area (Å²) in [5, 5.41) is 6.17. The lowest BCUT2D eigenvalue weighted by Gasteiger charge is -2.31. The maximum Gasteiger partial charge on any atom is 0.240 e. The Morgan fingerprint density at radius 1 is 1.25 bits per heavy atom. The van der Waals surface area contributed by atoms with Crippen molar-refractivity contribution in [3.8, 4) is 11.3 Å². The van der Waals surface area contributed by atoms with Crippen LogP contribution in [-0.4, -0.2) is 28.0 Å². The van der Waals surface area contributed by atoms with E-state index in [1.807, 2.05) is 12.1 Å². The third kappa shape index (κ3) is 4.19. The van der Waals surface area contributed by atoms with E-state index < -0.39 is 5.54 Å². The Morgan fingerprint density at radius 3 is 2.75 bits per heavy atom. The first-order valence-electron chi connectivity index (χ1n) is 8.59. The zero-order chi connectivity index (χ0) is 16.8. The molecule has 0 unspecified atom stereocenters. The quantitative estimate of drug-likeness (QED) is 0.790. The molecule has 2 aromatic rings. The second-order valence-electron chi connectivity index (χ2n) is 6.44. The summed E-state index contributed by atoms with van der Waals surface area (Å²) in [5.74, 6) is 0.0128.